The maximum atomic E-state index is 12.5. The fourth-order valence-electron chi connectivity index (χ4n) is 3.34. The summed E-state index contributed by atoms with van der Waals surface area (Å²) in [7, 11) is 0. The second kappa shape index (κ2) is 12.1. The van der Waals surface area contributed by atoms with E-state index in [0.29, 0.717) is 36.6 Å². The second-order valence-corrected chi connectivity index (χ2v) is 8.45. The second-order valence-electron chi connectivity index (χ2n) is 7.51. The smallest absolute Gasteiger partial charge is 0.230 e. The van der Waals surface area contributed by atoms with Crippen molar-refractivity contribution in [1.82, 2.24) is 20.1 Å². The van der Waals surface area contributed by atoms with Gasteiger partial charge in [-0.25, -0.2) is 0 Å². The summed E-state index contributed by atoms with van der Waals surface area (Å²) in [6.07, 6.45) is 2.75. The average Bonchev–Trinajstić information content (AvgIpc) is 3.19. The molecule has 0 aliphatic carbocycles. The van der Waals surface area contributed by atoms with Crippen LogP contribution in [0, 0.1) is 6.92 Å². The number of aryl methyl sites for hydroxylation is 1. The Morgan fingerprint density at radius 2 is 2.03 bits per heavy atom. The summed E-state index contributed by atoms with van der Waals surface area (Å²) < 4.78 is 7.80. The Kier molecular flexibility index (Phi) is 8.92. The van der Waals surface area contributed by atoms with Crippen molar-refractivity contribution in [2.24, 2.45) is 0 Å². The Labute approximate surface area is 194 Å². The quantitative estimate of drug-likeness (QED) is 0.318. The van der Waals surface area contributed by atoms with Crippen LogP contribution in [0.25, 0.3) is 0 Å². The van der Waals surface area contributed by atoms with Gasteiger partial charge >= 0.3 is 0 Å². The SMILES string of the molecule is C=CCn1c(COc2cccc(C)c2)nnc1SCC(=O)NCC(CC)c1ccccc1. The first-order chi connectivity index (χ1) is 15.6. The van der Waals surface area contributed by atoms with Gasteiger partial charge in [0.2, 0.25) is 5.91 Å². The Hall–Kier alpha value is -3.06. The first kappa shape index (κ1) is 23.6. The van der Waals surface area contributed by atoms with Crippen molar-refractivity contribution in [1.29, 1.82) is 0 Å². The van der Waals surface area contributed by atoms with Gasteiger partial charge in [0.15, 0.2) is 11.0 Å². The first-order valence-electron chi connectivity index (χ1n) is 10.8. The standard InChI is InChI=1S/C25H30N4O2S/c1-4-14-29-23(17-31-22-13-9-10-19(3)15-22)27-28-25(29)32-18-24(30)26-16-20(5-2)21-11-7-6-8-12-21/h4,6-13,15,20H,1,5,14,16-18H2,2-3H3,(H,26,30). The minimum Gasteiger partial charge on any atom is -0.486 e. The molecule has 7 heteroatoms. The van der Waals surface area contributed by atoms with Crippen LogP contribution in [0.4, 0.5) is 0 Å². The van der Waals surface area contributed by atoms with Crippen molar-refractivity contribution in [3.8, 4) is 5.75 Å². The molecule has 1 atom stereocenters. The minimum atomic E-state index is -0.0184. The van der Waals surface area contributed by atoms with Gasteiger partial charge in [-0.05, 0) is 36.6 Å². The molecule has 32 heavy (non-hydrogen) atoms. The molecule has 0 aliphatic rings. The third-order valence-electron chi connectivity index (χ3n) is 5.10. The number of amides is 1. The van der Waals surface area contributed by atoms with Crippen molar-refractivity contribution < 1.29 is 9.53 Å². The highest BCUT2D eigenvalue weighted by atomic mass is 32.2. The fourth-order valence-corrected chi connectivity index (χ4v) is 4.14. The molecule has 168 valence electrons. The van der Waals surface area contributed by atoms with Crippen molar-refractivity contribution >= 4 is 17.7 Å². The van der Waals surface area contributed by atoms with E-state index in [1.807, 2.05) is 54.0 Å². The third-order valence-corrected chi connectivity index (χ3v) is 6.07. The Morgan fingerprint density at radius 3 is 2.75 bits per heavy atom. The molecule has 0 saturated heterocycles. The zero-order chi connectivity index (χ0) is 22.8. The van der Waals surface area contributed by atoms with Crippen molar-refractivity contribution in [2.45, 2.75) is 44.5 Å². The van der Waals surface area contributed by atoms with E-state index in [1.54, 1.807) is 6.08 Å². The molecule has 3 rings (SSSR count). The zero-order valence-corrected chi connectivity index (χ0v) is 19.5. The summed E-state index contributed by atoms with van der Waals surface area (Å²) in [6, 6.07) is 18.2. The number of hydrogen-bond acceptors (Lipinski definition) is 5. The molecule has 6 nitrogen and oxygen atoms in total. The summed E-state index contributed by atoms with van der Waals surface area (Å²) in [5, 5.41) is 12.3. The predicted octanol–water partition coefficient (Wildman–Crippen LogP) is 4.75. The number of thioether (sulfide) groups is 1. The monoisotopic (exact) mass is 450 g/mol. The number of benzene rings is 2. The molecular formula is C25H30N4O2S. The van der Waals surface area contributed by atoms with Crippen molar-refractivity contribution in [3.63, 3.8) is 0 Å². The van der Waals surface area contributed by atoms with Crippen LogP contribution in [-0.4, -0.2) is 33.0 Å². The van der Waals surface area contributed by atoms with Crippen LogP contribution in [0.1, 0.15) is 36.2 Å². The van der Waals surface area contributed by atoms with Crippen LogP contribution in [0.5, 0.6) is 5.75 Å². The summed E-state index contributed by atoms with van der Waals surface area (Å²) in [5.41, 5.74) is 2.38. The molecule has 1 aromatic heterocycles. The number of carbonyl (C=O) groups excluding carboxylic acids is 1. The number of ether oxygens (including phenoxy) is 1. The van der Waals surface area contributed by atoms with E-state index < -0.39 is 0 Å². The predicted molar refractivity (Wildman–Crippen MR) is 129 cm³/mol. The summed E-state index contributed by atoms with van der Waals surface area (Å²) in [5.74, 6) is 2.05. The number of hydrogen-bond donors (Lipinski definition) is 1. The molecular weight excluding hydrogens is 420 g/mol. The van der Waals surface area contributed by atoms with Gasteiger partial charge in [0.05, 0.1) is 5.75 Å². The van der Waals surface area contributed by atoms with E-state index in [0.717, 1.165) is 17.7 Å². The van der Waals surface area contributed by atoms with Crippen molar-refractivity contribution in [2.75, 3.05) is 12.3 Å². The normalized spacial score (nSPS) is 11.7. The van der Waals surface area contributed by atoms with Gasteiger partial charge in [-0.2, -0.15) is 0 Å². The molecule has 0 saturated carbocycles. The largest absolute Gasteiger partial charge is 0.486 e. The molecule has 0 bridgehead atoms. The number of carbonyl (C=O) groups is 1. The zero-order valence-electron chi connectivity index (χ0n) is 18.7. The van der Waals surface area contributed by atoms with Gasteiger partial charge < -0.3 is 10.1 Å². The number of allylic oxidation sites excluding steroid dienone is 1. The lowest BCUT2D eigenvalue weighted by molar-refractivity contribution is -0.118. The molecule has 2 aromatic carbocycles. The van der Waals surface area contributed by atoms with E-state index >= 15 is 0 Å². The number of nitrogens with one attached hydrogen (secondary N) is 1. The van der Waals surface area contributed by atoms with Gasteiger partial charge in [0.25, 0.3) is 0 Å². The molecule has 1 N–H and O–H groups in total. The van der Waals surface area contributed by atoms with Crippen LogP contribution in [0.2, 0.25) is 0 Å². The maximum absolute atomic E-state index is 12.5. The van der Waals surface area contributed by atoms with Crippen LogP contribution in [-0.2, 0) is 17.9 Å². The van der Waals surface area contributed by atoms with E-state index in [4.69, 9.17) is 4.74 Å². The summed E-state index contributed by atoms with van der Waals surface area (Å²) >= 11 is 1.37. The summed E-state index contributed by atoms with van der Waals surface area (Å²) in [4.78, 5) is 12.5. The van der Waals surface area contributed by atoms with E-state index in [9.17, 15) is 4.79 Å². The summed E-state index contributed by atoms with van der Waals surface area (Å²) in [6.45, 7) is 9.45. The topological polar surface area (TPSA) is 69.0 Å². The Morgan fingerprint density at radius 1 is 1.22 bits per heavy atom. The molecule has 1 unspecified atom stereocenters. The van der Waals surface area contributed by atoms with Gasteiger partial charge in [0, 0.05) is 19.0 Å². The number of aromatic nitrogens is 3. The van der Waals surface area contributed by atoms with Crippen molar-refractivity contribution in [3.05, 3.63) is 84.2 Å². The van der Waals surface area contributed by atoms with Crippen LogP contribution < -0.4 is 10.1 Å². The minimum absolute atomic E-state index is 0.0184. The molecule has 0 aliphatic heterocycles. The van der Waals surface area contributed by atoms with Crippen LogP contribution >= 0.6 is 11.8 Å². The van der Waals surface area contributed by atoms with E-state index in [-0.39, 0.29) is 11.7 Å². The Balaban J connectivity index is 1.54. The average molecular weight is 451 g/mol. The van der Waals surface area contributed by atoms with E-state index in [2.05, 4.69) is 41.1 Å². The highest BCUT2D eigenvalue weighted by molar-refractivity contribution is 7.99. The molecule has 0 fully saturated rings. The van der Waals surface area contributed by atoms with Crippen LogP contribution in [0.3, 0.4) is 0 Å². The fraction of sp³-hybridized carbons (Fsp3) is 0.320. The highest BCUT2D eigenvalue weighted by Gasteiger charge is 2.15. The van der Waals surface area contributed by atoms with Gasteiger partial charge in [0.1, 0.15) is 12.4 Å². The number of rotatable bonds is 12. The van der Waals surface area contributed by atoms with Crippen LogP contribution in [0.15, 0.2) is 72.4 Å². The van der Waals surface area contributed by atoms with E-state index in [1.165, 1.54) is 17.3 Å². The van der Waals surface area contributed by atoms with Gasteiger partial charge in [-0.15, -0.1) is 16.8 Å². The van der Waals surface area contributed by atoms with Gasteiger partial charge in [-0.1, -0.05) is 67.2 Å². The molecule has 3 aromatic rings. The molecule has 1 heterocycles. The third kappa shape index (κ3) is 6.72. The number of nitrogens with zero attached hydrogens (tertiary/aromatic N) is 3. The lowest BCUT2D eigenvalue weighted by Gasteiger charge is -2.16. The lowest BCUT2D eigenvalue weighted by Crippen LogP contribution is -2.29. The first-order valence-corrected chi connectivity index (χ1v) is 11.8. The maximum Gasteiger partial charge on any atom is 0.230 e. The van der Waals surface area contributed by atoms with Gasteiger partial charge in [-0.3, -0.25) is 9.36 Å². The molecule has 0 spiro atoms. The Bertz CT molecular complexity index is 1020. The molecule has 0 radical (unpaired) electrons. The lowest BCUT2D eigenvalue weighted by atomic mass is 9.96. The highest BCUT2D eigenvalue weighted by Crippen LogP contribution is 2.20. The molecule has 1 amide bonds.